The van der Waals surface area contributed by atoms with Crippen LogP contribution in [0.4, 0.5) is 23.0 Å². The van der Waals surface area contributed by atoms with Gasteiger partial charge in [0.25, 0.3) is 0 Å². The molecule has 0 aliphatic carbocycles. The maximum atomic E-state index is 11.6. The van der Waals surface area contributed by atoms with Crippen molar-refractivity contribution in [2.75, 3.05) is 17.6 Å². The number of azo groups is 1. The average Bonchev–Trinajstić information content (AvgIpc) is 2.62. The van der Waals surface area contributed by atoms with E-state index in [0.29, 0.717) is 28.7 Å². The van der Waals surface area contributed by atoms with Crippen LogP contribution >= 0.6 is 0 Å². The molecular weight excluding hydrogens is 344 g/mol. The van der Waals surface area contributed by atoms with E-state index in [2.05, 4.69) is 27.1 Å². The van der Waals surface area contributed by atoms with Crippen LogP contribution in [-0.2, 0) is 4.79 Å². The highest BCUT2D eigenvalue weighted by molar-refractivity contribution is 5.90. The van der Waals surface area contributed by atoms with Crippen LogP contribution < -0.4 is 21.5 Å². The van der Waals surface area contributed by atoms with Gasteiger partial charge in [-0.3, -0.25) is 4.79 Å². The molecule has 0 fully saturated rings. The number of nitrogen functional groups attached to an aromatic ring is 1. The van der Waals surface area contributed by atoms with Gasteiger partial charge in [0.05, 0.1) is 5.76 Å². The fourth-order valence-electron chi connectivity index (χ4n) is 1.95. The van der Waals surface area contributed by atoms with Crippen molar-refractivity contribution in [2.24, 2.45) is 21.9 Å². The Kier molecular flexibility index (Phi) is 7.01. The number of hydrogen-bond donors (Lipinski definition) is 3. The standard InChI is InChI=1S/C19H24N6O2/c1-12(2)13(3)27-16-7-5-4-6-14(16)24-25-15-8-9-17(23-19(15)21)22-18(26)10-11-20/h4-9,12H,3,10-11,20H2,1-2H3,(H3,21,22,23,26). The minimum atomic E-state index is -0.227. The molecule has 5 N–H and O–H groups in total. The molecule has 0 atom stereocenters. The first-order valence-electron chi connectivity index (χ1n) is 8.54. The van der Waals surface area contributed by atoms with E-state index in [9.17, 15) is 4.79 Å². The van der Waals surface area contributed by atoms with Gasteiger partial charge in [-0.15, -0.1) is 10.2 Å². The van der Waals surface area contributed by atoms with Gasteiger partial charge in [0.2, 0.25) is 5.91 Å². The lowest BCUT2D eigenvalue weighted by Crippen LogP contribution is -2.17. The topological polar surface area (TPSA) is 128 Å². The zero-order valence-corrected chi connectivity index (χ0v) is 15.5. The second-order valence-corrected chi connectivity index (χ2v) is 6.08. The van der Waals surface area contributed by atoms with Gasteiger partial charge in [0.15, 0.2) is 11.6 Å². The van der Waals surface area contributed by atoms with Crippen LogP contribution in [0.15, 0.2) is 59.0 Å². The lowest BCUT2D eigenvalue weighted by molar-refractivity contribution is -0.116. The van der Waals surface area contributed by atoms with Gasteiger partial charge in [0, 0.05) is 18.9 Å². The van der Waals surface area contributed by atoms with Crippen molar-refractivity contribution in [2.45, 2.75) is 20.3 Å². The number of nitrogens with zero attached hydrogens (tertiary/aromatic N) is 3. The number of para-hydroxylation sites is 1. The van der Waals surface area contributed by atoms with Crippen LogP contribution in [0.25, 0.3) is 0 Å². The number of aromatic nitrogens is 1. The first-order valence-corrected chi connectivity index (χ1v) is 8.54. The number of rotatable bonds is 8. The number of nitrogens with one attached hydrogen (secondary N) is 1. The zero-order chi connectivity index (χ0) is 19.8. The van der Waals surface area contributed by atoms with E-state index in [1.807, 2.05) is 26.0 Å². The molecule has 1 heterocycles. The fourth-order valence-corrected chi connectivity index (χ4v) is 1.95. The number of hydrogen-bond acceptors (Lipinski definition) is 7. The summed E-state index contributed by atoms with van der Waals surface area (Å²) >= 11 is 0. The summed E-state index contributed by atoms with van der Waals surface area (Å²) < 4.78 is 5.76. The third-order valence-corrected chi connectivity index (χ3v) is 3.56. The van der Waals surface area contributed by atoms with Gasteiger partial charge >= 0.3 is 0 Å². The van der Waals surface area contributed by atoms with Crippen LogP contribution in [0.2, 0.25) is 0 Å². The highest BCUT2D eigenvalue weighted by Crippen LogP contribution is 2.32. The molecule has 1 aromatic carbocycles. The minimum absolute atomic E-state index is 0.147. The summed E-state index contributed by atoms with van der Waals surface area (Å²) in [6.45, 7) is 8.15. The molecule has 0 aliphatic rings. The summed E-state index contributed by atoms with van der Waals surface area (Å²) in [7, 11) is 0. The molecule has 2 rings (SSSR count). The number of pyridine rings is 1. The summed E-state index contributed by atoms with van der Waals surface area (Å²) in [6.07, 6.45) is 0.210. The van der Waals surface area contributed by atoms with Crippen LogP contribution in [0.1, 0.15) is 20.3 Å². The van der Waals surface area contributed by atoms with Crippen LogP contribution in [0.5, 0.6) is 5.75 Å². The Hall–Kier alpha value is -3.26. The predicted octanol–water partition coefficient (Wildman–Crippen LogP) is 3.92. The zero-order valence-electron chi connectivity index (χ0n) is 15.5. The van der Waals surface area contributed by atoms with Gasteiger partial charge in [0.1, 0.15) is 17.2 Å². The van der Waals surface area contributed by atoms with E-state index < -0.39 is 0 Å². The molecule has 0 radical (unpaired) electrons. The maximum Gasteiger partial charge on any atom is 0.226 e. The van der Waals surface area contributed by atoms with Crippen molar-refractivity contribution in [1.82, 2.24) is 4.98 Å². The van der Waals surface area contributed by atoms with Crippen molar-refractivity contribution in [3.8, 4) is 5.75 Å². The Morgan fingerprint density at radius 3 is 2.59 bits per heavy atom. The molecule has 8 nitrogen and oxygen atoms in total. The molecule has 8 heteroatoms. The Balaban J connectivity index is 2.16. The summed E-state index contributed by atoms with van der Waals surface area (Å²) in [6, 6.07) is 10.5. The summed E-state index contributed by atoms with van der Waals surface area (Å²) in [4.78, 5) is 15.7. The SMILES string of the molecule is C=C(Oc1ccccc1N=Nc1ccc(NC(=O)CCN)nc1N)C(C)C. The largest absolute Gasteiger partial charge is 0.460 e. The van der Waals surface area contributed by atoms with Crippen LogP contribution in [-0.4, -0.2) is 17.4 Å². The van der Waals surface area contributed by atoms with Crippen LogP contribution in [0, 0.1) is 5.92 Å². The Morgan fingerprint density at radius 2 is 1.93 bits per heavy atom. The molecule has 0 aliphatic heterocycles. The third kappa shape index (κ3) is 5.89. The normalized spacial score (nSPS) is 11.0. The third-order valence-electron chi connectivity index (χ3n) is 3.56. The summed E-state index contributed by atoms with van der Waals surface area (Å²) in [5.74, 6) is 1.62. The second kappa shape index (κ2) is 9.44. The van der Waals surface area contributed by atoms with E-state index in [1.54, 1.807) is 24.3 Å². The van der Waals surface area contributed by atoms with Gasteiger partial charge in [-0.2, -0.15) is 0 Å². The number of nitrogens with two attached hydrogens (primary N) is 2. The van der Waals surface area contributed by atoms with Crippen molar-refractivity contribution >= 4 is 28.9 Å². The van der Waals surface area contributed by atoms with Gasteiger partial charge in [-0.05, 0) is 24.3 Å². The highest BCUT2D eigenvalue weighted by atomic mass is 16.5. The smallest absolute Gasteiger partial charge is 0.226 e. The van der Waals surface area contributed by atoms with Crippen molar-refractivity contribution in [1.29, 1.82) is 0 Å². The van der Waals surface area contributed by atoms with Gasteiger partial charge in [-0.1, -0.05) is 32.6 Å². The number of carbonyl (C=O) groups excluding carboxylic acids is 1. The lowest BCUT2D eigenvalue weighted by Gasteiger charge is -2.12. The van der Waals surface area contributed by atoms with Crippen LogP contribution in [0.3, 0.4) is 0 Å². The monoisotopic (exact) mass is 368 g/mol. The van der Waals surface area contributed by atoms with Gasteiger partial charge in [-0.25, -0.2) is 4.98 Å². The van der Waals surface area contributed by atoms with E-state index in [0.717, 1.165) is 0 Å². The molecule has 1 amide bonds. The first kappa shape index (κ1) is 20.1. The summed E-state index contributed by atoms with van der Waals surface area (Å²) in [5, 5.41) is 11.0. The second-order valence-electron chi connectivity index (χ2n) is 6.08. The number of ether oxygens (including phenoxy) is 1. The van der Waals surface area contributed by atoms with E-state index >= 15 is 0 Å². The molecule has 142 valence electrons. The van der Waals surface area contributed by atoms with E-state index in [-0.39, 0.29) is 30.6 Å². The van der Waals surface area contributed by atoms with Crippen molar-refractivity contribution in [3.63, 3.8) is 0 Å². The quantitative estimate of drug-likeness (QED) is 0.480. The predicted molar refractivity (Wildman–Crippen MR) is 106 cm³/mol. The molecule has 0 bridgehead atoms. The molecule has 0 saturated heterocycles. The van der Waals surface area contributed by atoms with E-state index in [4.69, 9.17) is 16.2 Å². The fraction of sp³-hybridized carbons (Fsp3) is 0.263. The Labute approximate surface area is 158 Å². The molecule has 0 spiro atoms. The number of carbonyl (C=O) groups is 1. The molecule has 27 heavy (non-hydrogen) atoms. The first-order chi connectivity index (χ1) is 12.9. The number of allylic oxidation sites excluding steroid dienone is 1. The highest BCUT2D eigenvalue weighted by Gasteiger charge is 2.09. The maximum absolute atomic E-state index is 11.6. The Bertz CT molecular complexity index is 848. The lowest BCUT2D eigenvalue weighted by atomic mass is 10.2. The molecule has 2 aromatic rings. The number of benzene rings is 1. The molecule has 0 saturated carbocycles. The van der Waals surface area contributed by atoms with Crippen molar-refractivity contribution < 1.29 is 9.53 Å². The van der Waals surface area contributed by atoms with Gasteiger partial charge < -0.3 is 21.5 Å². The summed E-state index contributed by atoms with van der Waals surface area (Å²) in [5.41, 5.74) is 12.2. The number of anilines is 2. The molecule has 0 unspecified atom stereocenters. The minimum Gasteiger partial charge on any atom is -0.460 e. The number of amides is 1. The van der Waals surface area contributed by atoms with Crippen molar-refractivity contribution in [3.05, 3.63) is 48.7 Å². The Morgan fingerprint density at radius 1 is 1.22 bits per heavy atom. The molecule has 1 aromatic heterocycles. The van der Waals surface area contributed by atoms with E-state index in [1.165, 1.54) is 0 Å². The average molecular weight is 368 g/mol. The molecular formula is C19H24N6O2.